The van der Waals surface area contributed by atoms with E-state index in [1.165, 1.54) is 0 Å². The van der Waals surface area contributed by atoms with Crippen molar-refractivity contribution in [1.82, 2.24) is 14.9 Å². The van der Waals surface area contributed by atoms with Crippen molar-refractivity contribution in [2.45, 2.75) is 45.7 Å². The Hall–Kier alpha value is -1.65. The molecular weight excluding hydrogens is 310 g/mol. The fourth-order valence-corrected chi connectivity index (χ4v) is 3.03. The molecule has 0 fully saturated rings. The highest BCUT2D eigenvalue weighted by Crippen LogP contribution is 2.23. The van der Waals surface area contributed by atoms with Gasteiger partial charge in [-0.15, -0.1) is 0 Å². The summed E-state index contributed by atoms with van der Waals surface area (Å²) in [7, 11) is 0. The number of fused-ring (bicyclic) bond motifs is 1. The predicted octanol–water partition coefficient (Wildman–Crippen LogP) is 3.28. The standard InChI is InChI=1S/C18H22ClN3O/c1-18(2,3)17-20-15-8-9-22(11-13(15)16(23)21-17)10-12-6-4-5-7-14(12)19/h4-7H,8-11H2,1-3H3,(H,20,21,23). The lowest BCUT2D eigenvalue weighted by atomic mass is 9.95. The second kappa shape index (κ2) is 6.10. The number of hydrogen-bond acceptors (Lipinski definition) is 3. The third-order valence-corrected chi connectivity index (χ3v) is 4.58. The number of hydrogen-bond donors (Lipinski definition) is 1. The van der Waals surface area contributed by atoms with Gasteiger partial charge in [-0.05, 0) is 11.6 Å². The van der Waals surface area contributed by atoms with Crippen molar-refractivity contribution in [2.75, 3.05) is 6.54 Å². The van der Waals surface area contributed by atoms with Crippen molar-refractivity contribution in [3.63, 3.8) is 0 Å². The predicted molar refractivity (Wildman–Crippen MR) is 92.8 cm³/mol. The summed E-state index contributed by atoms with van der Waals surface area (Å²) < 4.78 is 0. The lowest BCUT2D eigenvalue weighted by molar-refractivity contribution is 0.241. The molecular formula is C18H22ClN3O. The lowest BCUT2D eigenvalue weighted by Crippen LogP contribution is -2.37. The minimum Gasteiger partial charge on any atom is -0.310 e. The molecule has 5 heteroatoms. The Labute approximate surface area is 141 Å². The summed E-state index contributed by atoms with van der Waals surface area (Å²) in [6.07, 6.45) is 0.798. The van der Waals surface area contributed by atoms with Crippen LogP contribution in [0.3, 0.4) is 0 Å². The van der Waals surface area contributed by atoms with Crippen molar-refractivity contribution in [2.24, 2.45) is 0 Å². The summed E-state index contributed by atoms with van der Waals surface area (Å²) in [5, 5.41) is 0.772. The van der Waals surface area contributed by atoms with Crippen molar-refractivity contribution < 1.29 is 0 Å². The zero-order valence-electron chi connectivity index (χ0n) is 13.8. The van der Waals surface area contributed by atoms with E-state index in [0.29, 0.717) is 6.54 Å². The zero-order chi connectivity index (χ0) is 16.6. The van der Waals surface area contributed by atoms with E-state index < -0.39 is 0 Å². The van der Waals surface area contributed by atoms with Gasteiger partial charge in [0.2, 0.25) is 0 Å². The molecule has 0 radical (unpaired) electrons. The van der Waals surface area contributed by atoms with E-state index in [1.807, 2.05) is 24.3 Å². The van der Waals surface area contributed by atoms with Crippen LogP contribution in [0.25, 0.3) is 0 Å². The van der Waals surface area contributed by atoms with Crippen LogP contribution in [-0.2, 0) is 24.9 Å². The molecule has 0 aliphatic carbocycles. The molecule has 0 bridgehead atoms. The SMILES string of the molecule is CC(C)(C)c1nc2c(c(=O)[nH]1)CN(Cc1ccccc1Cl)CC2. The van der Waals surface area contributed by atoms with E-state index in [0.717, 1.165) is 47.2 Å². The number of rotatable bonds is 2. The second-order valence-electron chi connectivity index (χ2n) is 7.14. The van der Waals surface area contributed by atoms with Gasteiger partial charge in [-0.25, -0.2) is 4.98 Å². The molecule has 2 aromatic rings. The first-order valence-electron chi connectivity index (χ1n) is 7.93. The molecule has 0 saturated heterocycles. The fourth-order valence-electron chi connectivity index (χ4n) is 2.84. The minimum atomic E-state index is -0.150. The molecule has 4 nitrogen and oxygen atoms in total. The number of aromatic amines is 1. The van der Waals surface area contributed by atoms with Crippen LogP contribution < -0.4 is 5.56 Å². The highest BCUT2D eigenvalue weighted by Gasteiger charge is 2.25. The maximum absolute atomic E-state index is 12.4. The number of H-pyrrole nitrogens is 1. The summed E-state index contributed by atoms with van der Waals surface area (Å²) >= 11 is 6.24. The number of nitrogens with one attached hydrogen (secondary N) is 1. The van der Waals surface area contributed by atoms with Crippen molar-refractivity contribution in [3.8, 4) is 0 Å². The van der Waals surface area contributed by atoms with E-state index in [4.69, 9.17) is 16.6 Å². The van der Waals surface area contributed by atoms with Gasteiger partial charge in [-0.1, -0.05) is 50.6 Å². The van der Waals surface area contributed by atoms with E-state index >= 15 is 0 Å². The molecule has 0 unspecified atom stereocenters. The van der Waals surface area contributed by atoms with Crippen LogP contribution in [0.5, 0.6) is 0 Å². The van der Waals surface area contributed by atoms with Gasteiger partial charge in [0.1, 0.15) is 5.82 Å². The van der Waals surface area contributed by atoms with Crippen molar-refractivity contribution in [1.29, 1.82) is 0 Å². The molecule has 23 heavy (non-hydrogen) atoms. The van der Waals surface area contributed by atoms with Crippen molar-refractivity contribution in [3.05, 3.63) is 62.3 Å². The monoisotopic (exact) mass is 331 g/mol. The smallest absolute Gasteiger partial charge is 0.255 e. The van der Waals surface area contributed by atoms with Crippen LogP contribution in [0.2, 0.25) is 5.02 Å². The van der Waals surface area contributed by atoms with Gasteiger partial charge in [0.05, 0.1) is 11.3 Å². The van der Waals surface area contributed by atoms with Gasteiger partial charge in [0.15, 0.2) is 0 Å². The Morgan fingerprint density at radius 2 is 2.04 bits per heavy atom. The zero-order valence-corrected chi connectivity index (χ0v) is 14.6. The lowest BCUT2D eigenvalue weighted by Gasteiger charge is -2.29. The highest BCUT2D eigenvalue weighted by atomic mass is 35.5. The van der Waals surface area contributed by atoms with Crippen LogP contribution in [0, 0.1) is 0 Å². The molecule has 0 spiro atoms. The first-order chi connectivity index (χ1) is 10.8. The minimum absolute atomic E-state index is 0.0104. The maximum atomic E-state index is 12.4. The normalized spacial score (nSPS) is 15.5. The Morgan fingerprint density at radius 1 is 1.30 bits per heavy atom. The molecule has 3 rings (SSSR count). The van der Waals surface area contributed by atoms with Gasteiger partial charge in [0.25, 0.3) is 5.56 Å². The average molecular weight is 332 g/mol. The molecule has 2 heterocycles. The molecule has 1 aliphatic heterocycles. The number of benzene rings is 1. The summed E-state index contributed by atoms with van der Waals surface area (Å²) in [6, 6.07) is 7.85. The Kier molecular flexibility index (Phi) is 4.30. The van der Waals surface area contributed by atoms with E-state index in [1.54, 1.807) is 0 Å². The summed E-state index contributed by atoms with van der Waals surface area (Å²) in [4.78, 5) is 22.3. The highest BCUT2D eigenvalue weighted by molar-refractivity contribution is 6.31. The molecule has 1 N–H and O–H groups in total. The van der Waals surface area contributed by atoms with Crippen molar-refractivity contribution >= 4 is 11.6 Å². The quantitative estimate of drug-likeness (QED) is 0.918. The fraction of sp³-hybridized carbons (Fsp3) is 0.444. The summed E-state index contributed by atoms with van der Waals surface area (Å²) in [5.41, 5.74) is 2.66. The van der Waals surface area contributed by atoms with Gasteiger partial charge in [-0.3, -0.25) is 9.69 Å². The Morgan fingerprint density at radius 3 is 2.74 bits per heavy atom. The Balaban J connectivity index is 1.84. The van der Waals surface area contributed by atoms with E-state index in [9.17, 15) is 4.79 Å². The third kappa shape index (κ3) is 3.48. The molecule has 1 aliphatic rings. The average Bonchev–Trinajstić information content (AvgIpc) is 2.49. The second-order valence-corrected chi connectivity index (χ2v) is 7.55. The van der Waals surface area contributed by atoms with E-state index in [-0.39, 0.29) is 11.0 Å². The van der Waals surface area contributed by atoms with Crippen LogP contribution in [0.1, 0.15) is 43.4 Å². The van der Waals surface area contributed by atoms with Crippen LogP contribution in [0.4, 0.5) is 0 Å². The molecule has 0 atom stereocenters. The molecule has 122 valence electrons. The molecule has 1 aromatic carbocycles. The maximum Gasteiger partial charge on any atom is 0.255 e. The van der Waals surface area contributed by atoms with Gasteiger partial charge in [-0.2, -0.15) is 0 Å². The Bertz CT molecular complexity index is 777. The topological polar surface area (TPSA) is 49.0 Å². The molecule has 0 amide bonds. The van der Waals surface area contributed by atoms with Crippen LogP contribution in [0.15, 0.2) is 29.1 Å². The van der Waals surface area contributed by atoms with Crippen LogP contribution >= 0.6 is 11.6 Å². The van der Waals surface area contributed by atoms with Gasteiger partial charge < -0.3 is 4.98 Å². The molecule has 1 aromatic heterocycles. The first kappa shape index (κ1) is 16.2. The summed E-state index contributed by atoms with van der Waals surface area (Å²) in [6.45, 7) is 8.43. The number of nitrogens with zero attached hydrogens (tertiary/aromatic N) is 2. The number of aromatic nitrogens is 2. The van der Waals surface area contributed by atoms with Gasteiger partial charge >= 0.3 is 0 Å². The first-order valence-corrected chi connectivity index (χ1v) is 8.30. The van der Waals surface area contributed by atoms with Crippen LogP contribution in [-0.4, -0.2) is 21.4 Å². The molecule has 0 saturated carbocycles. The van der Waals surface area contributed by atoms with Gasteiger partial charge in [0, 0.05) is 36.5 Å². The van der Waals surface area contributed by atoms with E-state index in [2.05, 4.69) is 30.7 Å². The number of halogens is 1. The summed E-state index contributed by atoms with van der Waals surface area (Å²) in [5.74, 6) is 0.765. The third-order valence-electron chi connectivity index (χ3n) is 4.21. The largest absolute Gasteiger partial charge is 0.310 e.